The number of unbranched alkanes of at least 4 members (excludes halogenated alkanes) is 12. The summed E-state index contributed by atoms with van der Waals surface area (Å²) in [5.41, 5.74) is 2.60. The van der Waals surface area contributed by atoms with Crippen molar-refractivity contribution in [2.75, 3.05) is 0 Å². The molecule has 180 valence electrons. The molecule has 0 bridgehead atoms. The molecule has 0 atom stereocenters. The van der Waals surface area contributed by atoms with E-state index < -0.39 is 0 Å². The second kappa shape index (κ2) is 26.1. The zero-order valence-electron chi connectivity index (χ0n) is 22.7. The van der Waals surface area contributed by atoms with Gasteiger partial charge in [-0.3, -0.25) is 0 Å². The fourth-order valence-corrected chi connectivity index (χ4v) is 3.88. The number of hydrogen-bond donors (Lipinski definition) is 0. The van der Waals surface area contributed by atoms with Gasteiger partial charge in [0.1, 0.15) is 0 Å². The van der Waals surface area contributed by atoms with Crippen molar-refractivity contribution in [1.29, 1.82) is 0 Å². The van der Waals surface area contributed by atoms with Gasteiger partial charge in [0.15, 0.2) is 0 Å². The summed E-state index contributed by atoms with van der Waals surface area (Å²) in [5.74, 6) is 0.228. The van der Waals surface area contributed by atoms with Gasteiger partial charge in [-0.05, 0) is 36.8 Å². The topological polar surface area (TPSA) is 46.1 Å². The summed E-state index contributed by atoms with van der Waals surface area (Å²) in [5, 5.41) is 21.8. The Morgan fingerprint density at radius 1 is 0.412 bits per heavy atom. The van der Waals surface area contributed by atoms with Crippen molar-refractivity contribution in [2.45, 2.75) is 117 Å². The van der Waals surface area contributed by atoms with Crippen molar-refractivity contribution in [3.63, 3.8) is 0 Å². The summed E-state index contributed by atoms with van der Waals surface area (Å²) in [6.45, 7) is 4.50. The number of aryl methyl sites for hydroxylation is 2. The molecule has 0 amide bonds. The first-order valence-electron chi connectivity index (χ1n) is 13.2. The average molecular weight is 485 g/mol. The van der Waals surface area contributed by atoms with E-state index in [-0.39, 0.29) is 70.6 Å². The molecule has 2 nitrogen and oxygen atoms in total. The molecule has 0 spiro atoms. The fraction of sp³-hybridized carbons (Fsp3) is 0.600. The zero-order valence-corrected chi connectivity index (χ0v) is 26.7. The number of rotatable bonds is 16. The average Bonchev–Trinajstić information content (AvgIpc) is 2.81. The van der Waals surface area contributed by atoms with Gasteiger partial charge < -0.3 is 10.2 Å². The van der Waals surface area contributed by atoms with Gasteiger partial charge in [-0.2, -0.15) is 0 Å². The van der Waals surface area contributed by atoms with Crippen molar-refractivity contribution >= 4 is 0 Å². The van der Waals surface area contributed by atoms with E-state index in [1.807, 2.05) is 24.3 Å². The van der Waals surface area contributed by atoms with Crippen molar-refractivity contribution in [2.24, 2.45) is 0 Å². The van der Waals surface area contributed by atoms with Crippen molar-refractivity contribution in [3.05, 3.63) is 59.7 Å². The maximum absolute atomic E-state index is 10.9. The van der Waals surface area contributed by atoms with Gasteiger partial charge in [0.05, 0.1) is 0 Å². The van der Waals surface area contributed by atoms with Crippen LogP contribution in [0.4, 0.5) is 0 Å². The van der Waals surface area contributed by atoms with Gasteiger partial charge in [0, 0.05) is 0 Å². The third-order valence-corrected chi connectivity index (χ3v) is 5.98. The first-order valence-corrected chi connectivity index (χ1v) is 13.2. The quantitative estimate of drug-likeness (QED) is 0.271. The fourth-order valence-electron chi connectivity index (χ4n) is 3.88. The molecule has 2 aromatic carbocycles. The third kappa shape index (κ3) is 21.3. The Morgan fingerprint density at radius 3 is 0.971 bits per heavy atom. The Bertz CT molecular complexity index is 597. The Kier molecular flexibility index (Phi) is 27.8. The molecule has 0 unspecified atom stereocenters. The largest absolute Gasteiger partial charge is 1.00 e. The molecule has 34 heavy (non-hydrogen) atoms. The van der Waals surface area contributed by atoms with E-state index in [2.05, 4.69) is 13.8 Å². The summed E-state index contributed by atoms with van der Waals surface area (Å²) >= 11 is 0. The van der Waals surface area contributed by atoms with E-state index in [0.717, 1.165) is 12.8 Å². The second-order valence-electron chi connectivity index (χ2n) is 9.03. The van der Waals surface area contributed by atoms with Crippen LogP contribution in [0.2, 0.25) is 0 Å². The van der Waals surface area contributed by atoms with Gasteiger partial charge in [-0.1, -0.05) is 139 Å². The van der Waals surface area contributed by atoms with E-state index in [1.54, 1.807) is 24.3 Å². The van der Waals surface area contributed by atoms with Gasteiger partial charge in [0.25, 0.3) is 0 Å². The van der Waals surface area contributed by atoms with Crippen LogP contribution in [0.25, 0.3) is 0 Å². The predicted octanol–water partition coefficient (Wildman–Crippen LogP) is 2.11. The van der Waals surface area contributed by atoms with E-state index in [4.69, 9.17) is 0 Å². The normalized spacial score (nSPS) is 9.94. The minimum atomic E-state index is 0. The van der Waals surface area contributed by atoms with E-state index in [0.29, 0.717) is 0 Å². The van der Waals surface area contributed by atoms with Crippen LogP contribution in [-0.4, -0.2) is 0 Å². The zero-order chi connectivity index (χ0) is 23.3. The second-order valence-corrected chi connectivity index (χ2v) is 9.03. The first kappa shape index (κ1) is 36.2. The Labute approximate surface area is 254 Å². The summed E-state index contributed by atoms with van der Waals surface area (Å²) in [6, 6.07) is 14.5. The summed E-state index contributed by atoms with van der Waals surface area (Å²) in [4.78, 5) is 0. The van der Waals surface area contributed by atoms with E-state index >= 15 is 0 Å². The molecule has 2 aromatic rings. The predicted molar refractivity (Wildman–Crippen MR) is 135 cm³/mol. The number of benzene rings is 2. The monoisotopic (exact) mass is 484 g/mol. The van der Waals surface area contributed by atoms with Crippen LogP contribution in [0, 0.1) is 0 Å². The van der Waals surface area contributed by atoms with Gasteiger partial charge in [-0.15, -0.1) is 11.5 Å². The third-order valence-electron chi connectivity index (χ3n) is 5.98. The Hall–Kier alpha value is 0.0400. The molecule has 4 heteroatoms. The van der Waals surface area contributed by atoms with Crippen molar-refractivity contribution in [3.8, 4) is 11.5 Å². The smallest absolute Gasteiger partial charge is 0.872 e. The van der Waals surface area contributed by atoms with Crippen LogP contribution in [-0.2, 0) is 12.8 Å². The molecule has 0 aliphatic rings. The molecule has 0 aromatic heterocycles. The molecular formula is C30H46Na2O2. The Morgan fingerprint density at radius 2 is 0.676 bits per heavy atom. The summed E-state index contributed by atoms with van der Waals surface area (Å²) < 4.78 is 0. The summed E-state index contributed by atoms with van der Waals surface area (Å²) in [6.07, 6.45) is 21.1. The van der Waals surface area contributed by atoms with E-state index in [1.165, 1.54) is 101 Å². The first-order chi connectivity index (χ1) is 15.7. The number of hydrogen-bond acceptors (Lipinski definition) is 2. The maximum atomic E-state index is 10.9. The molecule has 0 aliphatic carbocycles. The molecule has 2 rings (SSSR count). The van der Waals surface area contributed by atoms with Crippen LogP contribution in [0.15, 0.2) is 48.5 Å². The van der Waals surface area contributed by atoms with Crippen molar-refractivity contribution in [1.82, 2.24) is 0 Å². The summed E-state index contributed by atoms with van der Waals surface area (Å²) in [7, 11) is 0. The van der Waals surface area contributed by atoms with Gasteiger partial charge in [0.2, 0.25) is 0 Å². The molecule has 0 heterocycles. The van der Waals surface area contributed by atoms with Crippen LogP contribution < -0.4 is 69.3 Å². The van der Waals surface area contributed by atoms with Crippen LogP contribution >= 0.6 is 0 Å². The SMILES string of the molecule is CCCCCCCCCc1ccc([O-])cc1.CCCCCCCCCc1ccc([O-])cc1.[Na+].[Na+]. The molecule has 0 saturated carbocycles. The van der Waals surface area contributed by atoms with Gasteiger partial charge in [-0.25, -0.2) is 0 Å². The Balaban J connectivity index is 0. The van der Waals surface area contributed by atoms with Crippen LogP contribution in [0.3, 0.4) is 0 Å². The van der Waals surface area contributed by atoms with E-state index in [9.17, 15) is 10.2 Å². The van der Waals surface area contributed by atoms with Crippen LogP contribution in [0.5, 0.6) is 11.5 Å². The molecule has 0 aliphatic heterocycles. The molecule has 0 radical (unpaired) electrons. The van der Waals surface area contributed by atoms with Gasteiger partial charge >= 0.3 is 59.1 Å². The molecule has 0 N–H and O–H groups in total. The molecule has 0 saturated heterocycles. The minimum absolute atomic E-state index is 0. The molecular weight excluding hydrogens is 438 g/mol. The van der Waals surface area contributed by atoms with Crippen molar-refractivity contribution < 1.29 is 69.3 Å². The molecule has 0 fully saturated rings. The minimum Gasteiger partial charge on any atom is -0.872 e. The standard InChI is InChI=1S/2C15H24O.2Na/c2*1-2-3-4-5-6-7-8-9-14-10-12-15(16)13-11-14;;/h2*10-13,16H,2-9H2,1H3;;/q;;2*+1/p-2. The maximum Gasteiger partial charge on any atom is 1.00 e. The van der Waals surface area contributed by atoms with Crippen LogP contribution in [0.1, 0.15) is 115 Å².